The molecule has 1 heterocycles. The molecule has 0 aliphatic rings. The second kappa shape index (κ2) is 4.96. The molecule has 1 atom stereocenters. The Balaban J connectivity index is 2.78. The van der Waals surface area contributed by atoms with Crippen molar-refractivity contribution in [1.82, 2.24) is 4.98 Å². The van der Waals surface area contributed by atoms with Crippen LogP contribution >= 0.6 is 0 Å². The Bertz CT molecular complexity index is 295. The highest BCUT2D eigenvalue weighted by atomic mass is 15.0. The first kappa shape index (κ1) is 11.0. The van der Waals surface area contributed by atoms with Gasteiger partial charge in [0.25, 0.3) is 0 Å². The summed E-state index contributed by atoms with van der Waals surface area (Å²) < 4.78 is 0. The number of hydrogen-bond acceptors (Lipinski definition) is 3. The molecular weight excluding hydrogens is 174 g/mol. The maximum absolute atomic E-state index is 5.80. The summed E-state index contributed by atoms with van der Waals surface area (Å²) in [5.74, 6) is 0.939. The zero-order valence-electron chi connectivity index (χ0n) is 9.17. The second-order valence-corrected chi connectivity index (χ2v) is 3.59. The van der Waals surface area contributed by atoms with Crippen molar-refractivity contribution in [2.45, 2.75) is 33.2 Å². The monoisotopic (exact) mass is 193 g/mol. The maximum Gasteiger partial charge on any atom is 0.126 e. The highest BCUT2D eigenvalue weighted by Crippen LogP contribution is 2.15. The van der Waals surface area contributed by atoms with Crippen molar-refractivity contribution in [1.29, 1.82) is 0 Å². The van der Waals surface area contributed by atoms with Crippen LogP contribution in [0.1, 0.15) is 37.6 Å². The van der Waals surface area contributed by atoms with Gasteiger partial charge in [-0.15, -0.1) is 0 Å². The highest BCUT2D eigenvalue weighted by molar-refractivity contribution is 5.39. The van der Waals surface area contributed by atoms with Gasteiger partial charge in [-0.05, 0) is 31.9 Å². The van der Waals surface area contributed by atoms with E-state index in [4.69, 9.17) is 5.73 Å². The Morgan fingerprint density at radius 1 is 1.50 bits per heavy atom. The Morgan fingerprint density at radius 2 is 2.21 bits per heavy atom. The molecule has 1 unspecified atom stereocenters. The smallest absolute Gasteiger partial charge is 0.126 e. The molecule has 1 aromatic heterocycles. The predicted molar refractivity (Wildman–Crippen MR) is 60.4 cm³/mol. The van der Waals surface area contributed by atoms with E-state index < -0.39 is 0 Å². The number of pyridine rings is 1. The van der Waals surface area contributed by atoms with Crippen LogP contribution < -0.4 is 11.1 Å². The summed E-state index contributed by atoms with van der Waals surface area (Å²) in [7, 11) is 0. The molecule has 14 heavy (non-hydrogen) atoms. The van der Waals surface area contributed by atoms with Gasteiger partial charge in [-0.3, -0.25) is 0 Å². The largest absolute Gasteiger partial charge is 0.370 e. The fourth-order valence-electron chi connectivity index (χ4n) is 1.40. The quantitative estimate of drug-likeness (QED) is 0.771. The van der Waals surface area contributed by atoms with E-state index in [1.807, 2.05) is 26.0 Å². The third-order valence-electron chi connectivity index (χ3n) is 2.17. The molecule has 0 amide bonds. The van der Waals surface area contributed by atoms with Gasteiger partial charge in [0.1, 0.15) is 5.82 Å². The van der Waals surface area contributed by atoms with Crippen LogP contribution in [0.25, 0.3) is 0 Å². The molecule has 3 nitrogen and oxygen atoms in total. The number of nitrogens with two attached hydrogens (primary N) is 1. The highest BCUT2D eigenvalue weighted by Gasteiger charge is 2.04. The van der Waals surface area contributed by atoms with Crippen LogP contribution in [-0.2, 0) is 0 Å². The lowest BCUT2D eigenvalue weighted by atomic mass is 10.1. The van der Waals surface area contributed by atoms with Gasteiger partial charge < -0.3 is 11.1 Å². The first-order valence-electron chi connectivity index (χ1n) is 5.12. The molecule has 0 fully saturated rings. The van der Waals surface area contributed by atoms with Crippen molar-refractivity contribution in [3.05, 3.63) is 23.4 Å². The van der Waals surface area contributed by atoms with Gasteiger partial charge >= 0.3 is 0 Å². The van der Waals surface area contributed by atoms with Crippen LogP contribution in [0.2, 0.25) is 0 Å². The van der Waals surface area contributed by atoms with Crippen LogP contribution in [0.4, 0.5) is 5.82 Å². The lowest BCUT2D eigenvalue weighted by molar-refractivity contribution is 0.799. The third-order valence-corrected chi connectivity index (χ3v) is 2.17. The molecule has 1 rings (SSSR count). The molecule has 0 bridgehead atoms. The van der Waals surface area contributed by atoms with Crippen molar-refractivity contribution in [2.24, 2.45) is 5.73 Å². The van der Waals surface area contributed by atoms with Gasteiger partial charge in [-0.25, -0.2) is 4.98 Å². The Labute approximate surface area is 85.7 Å². The first-order valence-corrected chi connectivity index (χ1v) is 5.12. The number of hydrogen-bond donors (Lipinski definition) is 2. The third kappa shape index (κ3) is 2.70. The minimum atomic E-state index is 0.0581. The normalized spacial score (nSPS) is 12.6. The lowest BCUT2D eigenvalue weighted by Gasteiger charge is -2.11. The van der Waals surface area contributed by atoms with Crippen LogP contribution in [0.15, 0.2) is 12.1 Å². The fraction of sp³-hybridized carbons (Fsp3) is 0.545. The Kier molecular flexibility index (Phi) is 3.89. The first-order chi connectivity index (χ1) is 6.65. The van der Waals surface area contributed by atoms with E-state index in [1.165, 1.54) is 0 Å². The summed E-state index contributed by atoms with van der Waals surface area (Å²) in [6.45, 7) is 7.07. The molecule has 3 heteroatoms. The van der Waals surface area contributed by atoms with Gasteiger partial charge in [-0.1, -0.05) is 13.0 Å². The van der Waals surface area contributed by atoms with Gasteiger partial charge in [0.05, 0.1) is 0 Å². The molecule has 0 aromatic carbocycles. The van der Waals surface area contributed by atoms with E-state index in [9.17, 15) is 0 Å². The average Bonchev–Trinajstić information content (AvgIpc) is 2.14. The Morgan fingerprint density at radius 3 is 2.71 bits per heavy atom. The van der Waals surface area contributed by atoms with Crippen molar-refractivity contribution >= 4 is 5.82 Å². The van der Waals surface area contributed by atoms with Crippen LogP contribution in [-0.4, -0.2) is 11.5 Å². The number of aromatic nitrogens is 1. The topological polar surface area (TPSA) is 50.9 Å². The summed E-state index contributed by atoms with van der Waals surface area (Å²) >= 11 is 0. The number of rotatable bonds is 4. The molecule has 1 aromatic rings. The summed E-state index contributed by atoms with van der Waals surface area (Å²) in [6.07, 6.45) is 1.11. The number of aryl methyl sites for hydroxylation is 1. The summed E-state index contributed by atoms with van der Waals surface area (Å²) in [6, 6.07) is 4.09. The van der Waals surface area contributed by atoms with Crippen LogP contribution in [0, 0.1) is 6.92 Å². The van der Waals surface area contributed by atoms with E-state index in [0.29, 0.717) is 0 Å². The fourth-order valence-corrected chi connectivity index (χ4v) is 1.40. The van der Waals surface area contributed by atoms with Gasteiger partial charge in [-0.2, -0.15) is 0 Å². The van der Waals surface area contributed by atoms with Crippen molar-refractivity contribution < 1.29 is 0 Å². The maximum atomic E-state index is 5.80. The van der Waals surface area contributed by atoms with Crippen LogP contribution in [0.3, 0.4) is 0 Å². The van der Waals surface area contributed by atoms with Gasteiger partial charge in [0, 0.05) is 18.3 Å². The standard InChI is InChI=1S/C11H19N3/c1-4-7-13-11-6-5-10(8(2)12)9(3)14-11/h5-6,8H,4,7,12H2,1-3H3,(H,13,14). The van der Waals surface area contributed by atoms with Crippen LogP contribution in [0.5, 0.6) is 0 Å². The molecule has 0 aliphatic carbocycles. The van der Waals surface area contributed by atoms with E-state index in [-0.39, 0.29) is 6.04 Å². The van der Waals surface area contributed by atoms with Gasteiger partial charge in [0.2, 0.25) is 0 Å². The number of nitrogens with zero attached hydrogens (tertiary/aromatic N) is 1. The average molecular weight is 193 g/mol. The summed E-state index contributed by atoms with van der Waals surface area (Å²) in [5, 5.41) is 3.25. The minimum Gasteiger partial charge on any atom is -0.370 e. The van der Waals surface area contributed by atoms with Gasteiger partial charge in [0.15, 0.2) is 0 Å². The van der Waals surface area contributed by atoms with Crippen molar-refractivity contribution in [2.75, 3.05) is 11.9 Å². The Hall–Kier alpha value is -1.09. The zero-order chi connectivity index (χ0) is 10.6. The van der Waals surface area contributed by atoms with E-state index in [0.717, 1.165) is 30.0 Å². The number of nitrogens with one attached hydrogen (secondary N) is 1. The second-order valence-electron chi connectivity index (χ2n) is 3.59. The molecular formula is C11H19N3. The molecule has 0 radical (unpaired) electrons. The zero-order valence-corrected chi connectivity index (χ0v) is 9.17. The molecule has 0 spiro atoms. The van der Waals surface area contributed by atoms with Crippen molar-refractivity contribution in [3.8, 4) is 0 Å². The van der Waals surface area contributed by atoms with E-state index in [2.05, 4.69) is 17.2 Å². The minimum absolute atomic E-state index is 0.0581. The SMILES string of the molecule is CCCNc1ccc(C(C)N)c(C)n1. The predicted octanol–water partition coefficient (Wildman–Crippen LogP) is 2.23. The molecule has 0 saturated carbocycles. The summed E-state index contributed by atoms with van der Waals surface area (Å²) in [4.78, 5) is 4.44. The lowest BCUT2D eigenvalue weighted by Crippen LogP contribution is -2.09. The molecule has 78 valence electrons. The van der Waals surface area contributed by atoms with E-state index in [1.54, 1.807) is 0 Å². The number of anilines is 1. The van der Waals surface area contributed by atoms with E-state index >= 15 is 0 Å². The molecule has 0 saturated heterocycles. The van der Waals surface area contributed by atoms with Crippen molar-refractivity contribution in [3.63, 3.8) is 0 Å². The molecule has 3 N–H and O–H groups in total. The molecule has 0 aliphatic heterocycles. The summed E-state index contributed by atoms with van der Waals surface area (Å²) in [5.41, 5.74) is 7.94.